The number of rotatable bonds is 6. The molecule has 0 saturated heterocycles. The number of nitrogens with zero attached hydrogens (tertiary/aromatic N) is 2. The van der Waals surface area contributed by atoms with E-state index in [0.29, 0.717) is 22.5 Å². The highest BCUT2D eigenvalue weighted by atomic mass is 16.3. The Hall–Kier alpha value is -6.52. The fourth-order valence-electron chi connectivity index (χ4n) is 6.27. The Bertz CT molecular complexity index is 2340. The van der Waals surface area contributed by atoms with E-state index >= 15 is 0 Å². The number of phenols is 2. The maximum atomic E-state index is 10.9. The molecule has 0 saturated carbocycles. The van der Waals surface area contributed by atoms with Crippen LogP contribution in [0.1, 0.15) is 11.1 Å². The SMILES string of the molecule is Oc1ccc2cc(-c3ccccc3)ccc2c1C=Nc1cc2ccccc2cc1N=Cc1c(O)ccc2cc(-c3ccccc3)ccc12. The van der Waals surface area contributed by atoms with Gasteiger partial charge >= 0.3 is 0 Å². The average molecular weight is 619 g/mol. The lowest BCUT2D eigenvalue weighted by molar-refractivity contribution is 0.475. The second-order valence-corrected chi connectivity index (χ2v) is 11.8. The highest BCUT2D eigenvalue weighted by Crippen LogP contribution is 2.36. The number of hydrogen-bond donors (Lipinski definition) is 2. The number of fused-ring (bicyclic) bond motifs is 3. The fraction of sp³-hybridized carbons (Fsp3) is 0. The first kappa shape index (κ1) is 28.9. The number of aromatic hydroxyl groups is 2. The summed E-state index contributed by atoms with van der Waals surface area (Å²) in [5.41, 5.74) is 7.05. The van der Waals surface area contributed by atoms with E-state index in [0.717, 1.165) is 54.6 Å². The molecule has 0 aliphatic carbocycles. The normalized spacial score (nSPS) is 11.8. The van der Waals surface area contributed by atoms with Gasteiger partial charge in [0.05, 0.1) is 11.4 Å². The van der Waals surface area contributed by atoms with Gasteiger partial charge in [-0.1, -0.05) is 121 Å². The van der Waals surface area contributed by atoms with Crippen molar-refractivity contribution in [3.05, 3.63) is 169 Å². The van der Waals surface area contributed by atoms with Gasteiger partial charge in [0.1, 0.15) is 11.5 Å². The van der Waals surface area contributed by atoms with E-state index in [1.807, 2.05) is 97.1 Å². The lowest BCUT2D eigenvalue weighted by Crippen LogP contribution is -1.88. The average Bonchev–Trinajstić information content (AvgIpc) is 3.14. The molecule has 48 heavy (non-hydrogen) atoms. The van der Waals surface area contributed by atoms with Crippen molar-refractivity contribution in [1.82, 2.24) is 0 Å². The number of phenolic OH excluding ortho intramolecular Hbond substituents is 2. The van der Waals surface area contributed by atoms with Crippen LogP contribution >= 0.6 is 0 Å². The van der Waals surface area contributed by atoms with Crippen LogP contribution in [0.3, 0.4) is 0 Å². The molecule has 8 rings (SSSR count). The van der Waals surface area contributed by atoms with Gasteiger partial charge < -0.3 is 10.2 Å². The summed E-state index contributed by atoms with van der Waals surface area (Å²) in [4.78, 5) is 9.80. The van der Waals surface area contributed by atoms with E-state index in [4.69, 9.17) is 9.98 Å². The first-order valence-corrected chi connectivity index (χ1v) is 15.8. The molecule has 0 bridgehead atoms. The number of benzene rings is 8. The third-order valence-corrected chi connectivity index (χ3v) is 8.80. The maximum absolute atomic E-state index is 10.9. The molecular weight excluding hydrogens is 588 g/mol. The van der Waals surface area contributed by atoms with Crippen molar-refractivity contribution in [2.75, 3.05) is 0 Å². The molecule has 0 atom stereocenters. The first-order chi connectivity index (χ1) is 23.6. The summed E-state index contributed by atoms with van der Waals surface area (Å²) in [6.07, 6.45) is 3.42. The Balaban J connectivity index is 1.20. The van der Waals surface area contributed by atoms with Gasteiger partial charge in [-0.3, -0.25) is 9.98 Å². The monoisotopic (exact) mass is 618 g/mol. The maximum Gasteiger partial charge on any atom is 0.124 e. The molecule has 0 heterocycles. The fourth-order valence-corrected chi connectivity index (χ4v) is 6.27. The second-order valence-electron chi connectivity index (χ2n) is 11.8. The smallest absolute Gasteiger partial charge is 0.124 e. The van der Waals surface area contributed by atoms with Gasteiger partial charge in [0.15, 0.2) is 0 Å². The van der Waals surface area contributed by atoms with Gasteiger partial charge in [-0.05, 0) is 91.0 Å². The third-order valence-electron chi connectivity index (χ3n) is 8.80. The van der Waals surface area contributed by atoms with Crippen molar-refractivity contribution in [2.45, 2.75) is 0 Å². The van der Waals surface area contributed by atoms with Crippen LogP contribution in [0.25, 0.3) is 54.6 Å². The van der Waals surface area contributed by atoms with Gasteiger partial charge in [-0.2, -0.15) is 0 Å². The largest absolute Gasteiger partial charge is 0.507 e. The van der Waals surface area contributed by atoms with Crippen molar-refractivity contribution in [3.8, 4) is 33.8 Å². The van der Waals surface area contributed by atoms with Gasteiger partial charge in [-0.25, -0.2) is 0 Å². The molecule has 0 aliphatic heterocycles. The van der Waals surface area contributed by atoms with Gasteiger partial charge in [0, 0.05) is 23.6 Å². The van der Waals surface area contributed by atoms with Crippen LogP contribution in [-0.4, -0.2) is 22.6 Å². The summed E-state index contributed by atoms with van der Waals surface area (Å²) < 4.78 is 0. The van der Waals surface area contributed by atoms with Gasteiger partial charge in [-0.15, -0.1) is 0 Å². The molecule has 2 N–H and O–H groups in total. The van der Waals surface area contributed by atoms with Crippen LogP contribution in [0, 0.1) is 0 Å². The summed E-state index contributed by atoms with van der Waals surface area (Å²) in [5.74, 6) is 0.306. The van der Waals surface area contributed by atoms with Crippen molar-refractivity contribution in [1.29, 1.82) is 0 Å². The van der Waals surface area contributed by atoms with E-state index in [9.17, 15) is 10.2 Å². The zero-order valence-electron chi connectivity index (χ0n) is 26.0. The van der Waals surface area contributed by atoms with E-state index in [1.54, 1.807) is 24.6 Å². The molecule has 228 valence electrons. The molecule has 0 spiro atoms. The Labute approximate surface area is 278 Å². The highest BCUT2D eigenvalue weighted by Gasteiger charge is 2.11. The molecule has 8 aromatic rings. The van der Waals surface area contributed by atoms with Crippen LogP contribution in [0.5, 0.6) is 11.5 Å². The van der Waals surface area contributed by atoms with Crippen LogP contribution in [0.2, 0.25) is 0 Å². The molecule has 4 heteroatoms. The van der Waals surface area contributed by atoms with Crippen molar-refractivity contribution < 1.29 is 10.2 Å². The molecule has 8 aromatic carbocycles. The van der Waals surface area contributed by atoms with E-state index in [2.05, 4.69) is 48.5 Å². The summed E-state index contributed by atoms with van der Waals surface area (Å²) in [6, 6.07) is 52.3. The Kier molecular flexibility index (Phi) is 7.44. The lowest BCUT2D eigenvalue weighted by Gasteiger charge is -2.10. The molecular formula is C44H30N2O2. The lowest BCUT2D eigenvalue weighted by atomic mass is 9.98. The second kappa shape index (κ2) is 12.3. The Morgan fingerprint density at radius 3 is 1.21 bits per heavy atom. The van der Waals surface area contributed by atoms with Crippen LogP contribution < -0.4 is 0 Å². The predicted molar refractivity (Wildman–Crippen MR) is 201 cm³/mol. The van der Waals surface area contributed by atoms with E-state index in [1.165, 1.54) is 0 Å². The van der Waals surface area contributed by atoms with Gasteiger partial charge in [0.25, 0.3) is 0 Å². The first-order valence-electron chi connectivity index (χ1n) is 15.8. The van der Waals surface area contributed by atoms with E-state index < -0.39 is 0 Å². The molecule has 0 radical (unpaired) electrons. The summed E-state index contributed by atoms with van der Waals surface area (Å²) >= 11 is 0. The summed E-state index contributed by atoms with van der Waals surface area (Å²) in [5, 5.41) is 27.8. The predicted octanol–water partition coefficient (Wildman–Crippen LogP) is 11.4. The molecule has 4 nitrogen and oxygen atoms in total. The Morgan fingerprint density at radius 2 is 0.771 bits per heavy atom. The quantitative estimate of drug-likeness (QED) is 0.182. The minimum absolute atomic E-state index is 0.153. The molecule has 0 fully saturated rings. The van der Waals surface area contributed by atoms with Crippen LogP contribution in [0.4, 0.5) is 11.4 Å². The molecule has 0 aromatic heterocycles. The van der Waals surface area contributed by atoms with Crippen molar-refractivity contribution in [3.63, 3.8) is 0 Å². The third kappa shape index (κ3) is 5.57. The zero-order chi connectivity index (χ0) is 32.5. The van der Waals surface area contributed by atoms with Crippen molar-refractivity contribution in [2.24, 2.45) is 9.98 Å². The minimum atomic E-state index is 0.153. The topological polar surface area (TPSA) is 65.2 Å². The summed E-state index contributed by atoms with van der Waals surface area (Å²) in [7, 11) is 0. The standard InChI is InChI=1S/C44H30N2O2/c47-43-21-17-35-23-33(29-9-3-1-4-10-29)15-19-37(35)39(43)27-45-41-25-31-13-7-8-14-32(31)26-42(41)46-28-40-38-20-16-34(30-11-5-2-6-12-30)24-36(38)18-22-44(40)48/h1-28,47-48H. The molecule has 0 amide bonds. The number of aliphatic imine (C=N–C) groups is 2. The van der Waals surface area contributed by atoms with Crippen molar-refractivity contribution >= 4 is 56.1 Å². The van der Waals surface area contributed by atoms with Crippen LogP contribution in [-0.2, 0) is 0 Å². The number of hydrogen-bond acceptors (Lipinski definition) is 4. The molecule has 0 aliphatic rings. The van der Waals surface area contributed by atoms with E-state index in [-0.39, 0.29) is 11.5 Å². The Morgan fingerprint density at radius 1 is 0.354 bits per heavy atom. The highest BCUT2D eigenvalue weighted by molar-refractivity contribution is 6.07. The minimum Gasteiger partial charge on any atom is -0.507 e. The zero-order valence-corrected chi connectivity index (χ0v) is 26.0. The van der Waals surface area contributed by atoms with Crippen LogP contribution in [0.15, 0.2) is 168 Å². The van der Waals surface area contributed by atoms with Gasteiger partial charge in [0.2, 0.25) is 0 Å². The summed E-state index contributed by atoms with van der Waals surface area (Å²) in [6.45, 7) is 0. The molecule has 0 unspecified atom stereocenters.